The van der Waals surface area contributed by atoms with E-state index in [2.05, 4.69) is 11.0 Å². The average molecular weight is 260 g/mol. The number of piperidine rings is 1. The second-order valence-corrected chi connectivity index (χ2v) is 5.62. The molecule has 1 aromatic carbocycles. The highest BCUT2D eigenvalue weighted by Crippen LogP contribution is 2.37. The number of benzene rings is 1. The van der Waals surface area contributed by atoms with Crippen LogP contribution in [0, 0.1) is 29.0 Å². The lowest BCUT2D eigenvalue weighted by atomic mass is 9.75. The molecule has 4 heteroatoms. The average Bonchev–Trinajstić information content (AvgIpc) is 2.38. The van der Waals surface area contributed by atoms with Crippen LogP contribution in [0.1, 0.15) is 24.8 Å². The fraction of sp³-hybridized carbons (Fsp3) is 0.533. The standard InChI is InChI=1S/C15H17FN2O/c16-13-4-5-14(12(6-13)7-17)18-8-10-2-1-3-11(9-18)15(10)19/h4-6,10-11,15,19H,1-3,8-9H2. The van der Waals surface area contributed by atoms with Gasteiger partial charge in [-0.15, -0.1) is 0 Å². The van der Waals surface area contributed by atoms with Crippen LogP contribution in [-0.2, 0) is 0 Å². The number of fused-ring (bicyclic) bond motifs is 2. The Labute approximate surface area is 112 Å². The zero-order valence-corrected chi connectivity index (χ0v) is 10.7. The molecule has 2 unspecified atom stereocenters. The summed E-state index contributed by atoms with van der Waals surface area (Å²) in [6.07, 6.45) is 3.04. The smallest absolute Gasteiger partial charge is 0.124 e. The number of rotatable bonds is 1. The van der Waals surface area contributed by atoms with Crippen molar-refractivity contribution < 1.29 is 9.50 Å². The number of halogens is 1. The van der Waals surface area contributed by atoms with E-state index in [-0.39, 0.29) is 23.8 Å². The van der Waals surface area contributed by atoms with E-state index in [0.717, 1.165) is 31.6 Å². The van der Waals surface area contributed by atoms with E-state index in [1.54, 1.807) is 6.07 Å². The van der Waals surface area contributed by atoms with Gasteiger partial charge in [0.2, 0.25) is 0 Å². The summed E-state index contributed by atoms with van der Waals surface area (Å²) in [5.41, 5.74) is 1.18. The Balaban J connectivity index is 1.90. The van der Waals surface area contributed by atoms with Gasteiger partial charge in [0.05, 0.1) is 17.4 Å². The quantitative estimate of drug-likeness (QED) is 0.842. The van der Waals surface area contributed by atoms with Crippen LogP contribution in [0.15, 0.2) is 18.2 Å². The molecule has 2 fully saturated rings. The van der Waals surface area contributed by atoms with Gasteiger partial charge in [0, 0.05) is 24.9 Å². The molecule has 1 N–H and O–H groups in total. The molecule has 0 spiro atoms. The van der Waals surface area contributed by atoms with Crippen LogP contribution in [0.25, 0.3) is 0 Å². The minimum atomic E-state index is -0.377. The van der Waals surface area contributed by atoms with Gasteiger partial charge in [-0.3, -0.25) is 0 Å². The van der Waals surface area contributed by atoms with Crippen molar-refractivity contribution in [2.45, 2.75) is 25.4 Å². The van der Waals surface area contributed by atoms with Crippen LogP contribution >= 0.6 is 0 Å². The number of aliphatic hydroxyl groups excluding tert-OH is 1. The highest BCUT2D eigenvalue weighted by atomic mass is 19.1. The van der Waals surface area contributed by atoms with Gasteiger partial charge in [0.1, 0.15) is 11.9 Å². The summed E-state index contributed by atoms with van der Waals surface area (Å²) in [6, 6.07) is 6.44. The molecular formula is C15H17FN2O. The topological polar surface area (TPSA) is 47.3 Å². The van der Waals surface area contributed by atoms with Crippen molar-refractivity contribution in [3.05, 3.63) is 29.6 Å². The minimum absolute atomic E-state index is 0.212. The van der Waals surface area contributed by atoms with Crippen molar-refractivity contribution in [3.8, 4) is 6.07 Å². The van der Waals surface area contributed by atoms with Gasteiger partial charge >= 0.3 is 0 Å². The summed E-state index contributed by atoms with van der Waals surface area (Å²) in [5, 5.41) is 19.3. The number of nitrogens with zero attached hydrogens (tertiary/aromatic N) is 2. The lowest BCUT2D eigenvalue weighted by Crippen LogP contribution is -2.51. The minimum Gasteiger partial charge on any atom is -0.392 e. The maximum absolute atomic E-state index is 13.2. The Hall–Kier alpha value is -1.60. The Bertz CT molecular complexity index is 511. The number of anilines is 1. The van der Waals surface area contributed by atoms with Crippen LogP contribution in [0.4, 0.5) is 10.1 Å². The van der Waals surface area contributed by atoms with Gasteiger partial charge in [-0.25, -0.2) is 4.39 Å². The Morgan fingerprint density at radius 2 is 1.95 bits per heavy atom. The molecule has 0 aromatic heterocycles. The van der Waals surface area contributed by atoms with Crippen molar-refractivity contribution in [1.82, 2.24) is 0 Å². The third-order valence-corrected chi connectivity index (χ3v) is 4.45. The van der Waals surface area contributed by atoms with E-state index in [4.69, 9.17) is 5.26 Å². The SMILES string of the molecule is N#Cc1cc(F)ccc1N1CC2CCCC(C1)C2O. The van der Waals surface area contributed by atoms with Crippen molar-refractivity contribution in [2.24, 2.45) is 11.8 Å². The third kappa shape index (κ3) is 2.19. The second-order valence-electron chi connectivity index (χ2n) is 5.62. The predicted molar refractivity (Wildman–Crippen MR) is 70.2 cm³/mol. The third-order valence-electron chi connectivity index (χ3n) is 4.45. The van der Waals surface area contributed by atoms with E-state index in [1.807, 2.05) is 0 Å². The molecule has 100 valence electrons. The van der Waals surface area contributed by atoms with E-state index < -0.39 is 0 Å². The molecule has 0 radical (unpaired) electrons. The summed E-state index contributed by atoms with van der Waals surface area (Å²) < 4.78 is 13.2. The van der Waals surface area contributed by atoms with Crippen molar-refractivity contribution in [3.63, 3.8) is 0 Å². The zero-order chi connectivity index (χ0) is 13.4. The van der Waals surface area contributed by atoms with Crippen LogP contribution in [0.5, 0.6) is 0 Å². The first-order valence-corrected chi connectivity index (χ1v) is 6.81. The molecular weight excluding hydrogens is 243 g/mol. The fourth-order valence-corrected chi connectivity index (χ4v) is 3.48. The molecule has 1 heterocycles. The predicted octanol–water partition coefficient (Wildman–Crippen LogP) is 2.29. The maximum atomic E-state index is 13.2. The van der Waals surface area contributed by atoms with E-state index >= 15 is 0 Å². The Kier molecular flexibility index (Phi) is 3.16. The van der Waals surface area contributed by atoms with E-state index in [9.17, 15) is 9.50 Å². The van der Waals surface area contributed by atoms with Gasteiger partial charge in [-0.2, -0.15) is 5.26 Å². The van der Waals surface area contributed by atoms with Gasteiger partial charge in [0.25, 0.3) is 0 Å². The molecule has 2 atom stereocenters. The number of hydrogen-bond donors (Lipinski definition) is 1. The van der Waals surface area contributed by atoms with Gasteiger partial charge in [-0.1, -0.05) is 6.42 Å². The monoisotopic (exact) mass is 260 g/mol. The molecule has 2 bridgehead atoms. The highest BCUT2D eigenvalue weighted by Gasteiger charge is 2.38. The first-order valence-electron chi connectivity index (χ1n) is 6.81. The molecule has 1 saturated carbocycles. The lowest BCUT2D eigenvalue weighted by molar-refractivity contribution is 0.00597. The van der Waals surface area contributed by atoms with E-state index in [0.29, 0.717) is 5.56 Å². The highest BCUT2D eigenvalue weighted by molar-refractivity contribution is 5.59. The summed E-state index contributed by atoms with van der Waals surface area (Å²) in [7, 11) is 0. The van der Waals surface area contributed by atoms with Crippen molar-refractivity contribution in [2.75, 3.05) is 18.0 Å². The summed E-state index contributed by atoms with van der Waals surface area (Å²) in [4.78, 5) is 2.14. The second kappa shape index (κ2) is 4.82. The molecule has 3 rings (SSSR count). The summed E-state index contributed by atoms with van der Waals surface area (Å²) >= 11 is 0. The largest absolute Gasteiger partial charge is 0.392 e. The van der Waals surface area contributed by atoms with Crippen LogP contribution in [-0.4, -0.2) is 24.3 Å². The number of hydrogen-bond acceptors (Lipinski definition) is 3. The Morgan fingerprint density at radius 1 is 1.26 bits per heavy atom. The summed E-state index contributed by atoms with van der Waals surface area (Å²) in [6.45, 7) is 1.52. The zero-order valence-electron chi connectivity index (χ0n) is 10.7. The van der Waals surface area contributed by atoms with Crippen molar-refractivity contribution in [1.29, 1.82) is 5.26 Å². The van der Waals surface area contributed by atoms with E-state index in [1.165, 1.54) is 18.6 Å². The molecule has 0 amide bonds. The maximum Gasteiger partial charge on any atom is 0.124 e. The van der Waals surface area contributed by atoms with Crippen LogP contribution in [0.2, 0.25) is 0 Å². The van der Waals surface area contributed by atoms with Gasteiger partial charge < -0.3 is 10.0 Å². The lowest BCUT2D eigenvalue weighted by Gasteiger charge is -2.46. The van der Waals surface area contributed by atoms with Crippen molar-refractivity contribution >= 4 is 5.69 Å². The molecule has 1 saturated heterocycles. The fourth-order valence-electron chi connectivity index (χ4n) is 3.48. The first-order chi connectivity index (χ1) is 9.19. The van der Waals surface area contributed by atoms with Crippen LogP contribution in [0.3, 0.4) is 0 Å². The molecule has 2 aliphatic rings. The van der Waals surface area contributed by atoms with Gasteiger partial charge in [-0.05, 0) is 31.0 Å². The molecule has 3 nitrogen and oxygen atoms in total. The number of aliphatic hydroxyl groups is 1. The summed E-state index contributed by atoms with van der Waals surface area (Å²) in [5.74, 6) is 0.186. The molecule has 1 aromatic rings. The van der Waals surface area contributed by atoms with Gasteiger partial charge in [0.15, 0.2) is 0 Å². The molecule has 1 aliphatic heterocycles. The normalized spacial score (nSPS) is 29.9. The molecule has 1 aliphatic carbocycles. The molecule has 19 heavy (non-hydrogen) atoms. The Morgan fingerprint density at radius 3 is 2.58 bits per heavy atom. The first kappa shape index (κ1) is 12.4. The number of nitriles is 1. The van der Waals surface area contributed by atoms with Crippen LogP contribution < -0.4 is 4.90 Å².